The molecule has 1 aromatic heterocycles. The van der Waals surface area contributed by atoms with Crippen LogP contribution in [-0.4, -0.2) is 18.0 Å². The highest BCUT2D eigenvalue weighted by molar-refractivity contribution is 6.31. The van der Waals surface area contributed by atoms with Crippen molar-refractivity contribution >= 4 is 46.5 Å². The van der Waals surface area contributed by atoms with Crippen LogP contribution in [0.2, 0.25) is 5.02 Å². The summed E-state index contributed by atoms with van der Waals surface area (Å²) in [5, 5.41) is 4.40. The van der Waals surface area contributed by atoms with Crippen LogP contribution in [0.15, 0.2) is 72.8 Å². The molecule has 0 spiro atoms. The molecule has 0 fully saturated rings. The molecule has 1 heterocycles. The number of para-hydroxylation sites is 2. The highest BCUT2D eigenvalue weighted by Gasteiger charge is 2.21. The van der Waals surface area contributed by atoms with E-state index in [2.05, 4.69) is 10.3 Å². The number of ether oxygens (including phenoxy) is 1. The van der Waals surface area contributed by atoms with Gasteiger partial charge in [0.15, 0.2) is 0 Å². The van der Waals surface area contributed by atoms with Crippen molar-refractivity contribution in [3.05, 3.63) is 89.1 Å². The van der Waals surface area contributed by atoms with Crippen LogP contribution in [0.3, 0.4) is 0 Å². The van der Waals surface area contributed by atoms with E-state index in [9.17, 15) is 4.79 Å². The Balaban J connectivity index is 0.00000256. The predicted molar refractivity (Wildman–Crippen MR) is 125 cm³/mol. The number of methoxy groups -OCH3 is 1. The monoisotopic (exact) mass is 438 g/mol. The number of fused-ring (bicyclic) bond motifs is 1. The van der Waals surface area contributed by atoms with E-state index in [-0.39, 0.29) is 18.3 Å². The van der Waals surface area contributed by atoms with Gasteiger partial charge in [0.25, 0.3) is 5.91 Å². The molecule has 0 bridgehead atoms. The van der Waals surface area contributed by atoms with Gasteiger partial charge >= 0.3 is 0 Å². The summed E-state index contributed by atoms with van der Waals surface area (Å²) < 4.78 is 5.37. The molecule has 30 heavy (non-hydrogen) atoms. The summed E-state index contributed by atoms with van der Waals surface area (Å²) in [7, 11) is 1.57. The minimum absolute atomic E-state index is 0. The Bertz CT molecular complexity index is 1210. The summed E-state index contributed by atoms with van der Waals surface area (Å²) in [5.41, 5.74) is 4.28. The Hall–Kier alpha value is -3.08. The Kier molecular flexibility index (Phi) is 6.60. The third-order valence-corrected chi connectivity index (χ3v) is 5.01. The average molecular weight is 439 g/mol. The summed E-state index contributed by atoms with van der Waals surface area (Å²) in [6, 6.07) is 22.6. The van der Waals surface area contributed by atoms with Crippen LogP contribution in [0, 0.1) is 6.92 Å². The topological polar surface area (TPSA) is 51.2 Å². The van der Waals surface area contributed by atoms with Gasteiger partial charge in [0.2, 0.25) is 0 Å². The first kappa shape index (κ1) is 21.6. The summed E-state index contributed by atoms with van der Waals surface area (Å²) in [5.74, 6) is 0.344. The van der Waals surface area contributed by atoms with Crippen LogP contribution < -0.4 is 10.1 Å². The van der Waals surface area contributed by atoms with E-state index in [1.165, 1.54) is 0 Å². The van der Waals surface area contributed by atoms with Gasteiger partial charge in [-0.25, -0.2) is 0 Å². The predicted octanol–water partition coefficient (Wildman–Crippen LogP) is 6.55. The zero-order valence-corrected chi connectivity index (χ0v) is 18.1. The van der Waals surface area contributed by atoms with E-state index >= 15 is 0 Å². The fourth-order valence-corrected chi connectivity index (χ4v) is 3.65. The first-order valence-corrected chi connectivity index (χ1v) is 9.56. The Labute approximate surface area is 186 Å². The zero-order valence-electron chi connectivity index (χ0n) is 16.5. The van der Waals surface area contributed by atoms with Gasteiger partial charge in [-0.15, -0.1) is 12.4 Å². The molecule has 0 aliphatic heterocycles. The van der Waals surface area contributed by atoms with Crippen LogP contribution in [0.25, 0.3) is 22.0 Å². The molecule has 4 rings (SSSR count). The summed E-state index contributed by atoms with van der Waals surface area (Å²) in [4.78, 5) is 18.0. The Morgan fingerprint density at radius 1 is 1.00 bits per heavy atom. The average Bonchev–Trinajstić information content (AvgIpc) is 2.74. The van der Waals surface area contributed by atoms with Crippen molar-refractivity contribution in [2.24, 2.45) is 0 Å². The minimum atomic E-state index is -0.250. The van der Waals surface area contributed by atoms with Crippen LogP contribution in [0.4, 0.5) is 5.69 Å². The lowest BCUT2D eigenvalue weighted by molar-refractivity contribution is 0.102. The standard InChI is InChI=1S/C24H19ClN2O2.ClH/c1-15-22(24(28)27-20-10-6-7-11-21(20)29-2)23(16-8-4-3-5-9-16)18-14-17(25)12-13-19(18)26-15;/h3-14H,1-2H3,(H,27,28);1H. The van der Waals surface area contributed by atoms with Crippen molar-refractivity contribution < 1.29 is 9.53 Å². The third-order valence-electron chi connectivity index (χ3n) is 4.77. The second kappa shape index (κ2) is 9.16. The molecule has 0 atom stereocenters. The van der Waals surface area contributed by atoms with Crippen molar-refractivity contribution in [2.75, 3.05) is 12.4 Å². The molecule has 0 saturated heterocycles. The minimum Gasteiger partial charge on any atom is -0.495 e. The number of benzene rings is 3. The molecule has 1 N–H and O–H groups in total. The molecule has 0 aliphatic rings. The Morgan fingerprint density at radius 3 is 2.43 bits per heavy atom. The highest BCUT2D eigenvalue weighted by atomic mass is 35.5. The number of hydrogen-bond acceptors (Lipinski definition) is 3. The summed E-state index contributed by atoms with van der Waals surface area (Å²) in [6.07, 6.45) is 0. The van der Waals surface area contributed by atoms with Crippen LogP contribution >= 0.6 is 24.0 Å². The highest BCUT2D eigenvalue weighted by Crippen LogP contribution is 2.35. The van der Waals surface area contributed by atoms with Crippen molar-refractivity contribution in [1.29, 1.82) is 0 Å². The van der Waals surface area contributed by atoms with Crippen LogP contribution in [0.1, 0.15) is 16.1 Å². The van der Waals surface area contributed by atoms with Gasteiger partial charge in [-0.2, -0.15) is 0 Å². The molecule has 4 aromatic rings. The first-order valence-electron chi connectivity index (χ1n) is 9.18. The van der Waals surface area contributed by atoms with Crippen molar-refractivity contribution in [3.63, 3.8) is 0 Å². The molecular weight excluding hydrogens is 419 g/mol. The van der Waals surface area contributed by atoms with Crippen molar-refractivity contribution in [2.45, 2.75) is 6.92 Å². The summed E-state index contributed by atoms with van der Waals surface area (Å²) >= 11 is 6.27. The lowest BCUT2D eigenvalue weighted by Crippen LogP contribution is -2.16. The van der Waals surface area contributed by atoms with E-state index in [0.29, 0.717) is 27.7 Å². The third kappa shape index (κ3) is 4.11. The van der Waals surface area contributed by atoms with Crippen LogP contribution in [0.5, 0.6) is 5.75 Å². The van der Waals surface area contributed by atoms with E-state index < -0.39 is 0 Å². The number of pyridine rings is 1. The van der Waals surface area contributed by atoms with Crippen molar-refractivity contribution in [3.8, 4) is 16.9 Å². The lowest BCUT2D eigenvalue weighted by Gasteiger charge is -2.17. The number of halogens is 2. The normalized spacial score (nSPS) is 10.4. The van der Waals surface area contributed by atoms with Gasteiger partial charge in [0, 0.05) is 16.0 Å². The number of rotatable bonds is 4. The number of nitrogens with one attached hydrogen (secondary N) is 1. The first-order chi connectivity index (χ1) is 14.1. The fraction of sp³-hybridized carbons (Fsp3) is 0.0833. The number of anilines is 1. The van der Waals surface area contributed by atoms with E-state index in [4.69, 9.17) is 16.3 Å². The second-order valence-electron chi connectivity index (χ2n) is 6.63. The zero-order chi connectivity index (χ0) is 20.4. The molecule has 0 radical (unpaired) electrons. The number of hydrogen-bond donors (Lipinski definition) is 1. The van der Waals surface area contributed by atoms with Gasteiger partial charge in [-0.05, 0) is 42.8 Å². The van der Waals surface area contributed by atoms with E-state index in [1.54, 1.807) is 25.3 Å². The molecular formula is C24H20Cl2N2O2. The smallest absolute Gasteiger partial charge is 0.258 e. The maximum atomic E-state index is 13.4. The van der Waals surface area contributed by atoms with E-state index in [0.717, 1.165) is 22.0 Å². The molecule has 6 heteroatoms. The SMILES string of the molecule is COc1ccccc1NC(=O)c1c(C)nc2ccc(Cl)cc2c1-c1ccccc1.Cl. The largest absolute Gasteiger partial charge is 0.495 e. The number of aryl methyl sites for hydroxylation is 1. The molecule has 1 amide bonds. The molecule has 152 valence electrons. The van der Waals surface area contributed by atoms with Gasteiger partial charge in [0.05, 0.1) is 29.6 Å². The molecule has 3 aromatic carbocycles. The Morgan fingerprint density at radius 2 is 1.70 bits per heavy atom. The lowest BCUT2D eigenvalue weighted by atomic mass is 9.94. The number of carbonyl (C=O) groups excluding carboxylic acids is 1. The van der Waals surface area contributed by atoms with Gasteiger partial charge in [-0.1, -0.05) is 54.1 Å². The number of carbonyl (C=O) groups is 1. The molecule has 0 saturated carbocycles. The molecule has 0 unspecified atom stereocenters. The van der Waals surface area contributed by atoms with E-state index in [1.807, 2.05) is 61.5 Å². The van der Waals surface area contributed by atoms with Crippen molar-refractivity contribution in [1.82, 2.24) is 4.98 Å². The van der Waals surface area contributed by atoms with Gasteiger partial charge < -0.3 is 10.1 Å². The van der Waals surface area contributed by atoms with Gasteiger partial charge in [0.1, 0.15) is 5.75 Å². The fourth-order valence-electron chi connectivity index (χ4n) is 3.47. The number of nitrogens with zero attached hydrogens (tertiary/aromatic N) is 1. The molecule has 4 nitrogen and oxygen atoms in total. The quantitative estimate of drug-likeness (QED) is 0.393. The number of amides is 1. The van der Waals surface area contributed by atoms with Gasteiger partial charge in [-0.3, -0.25) is 9.78 Å². The number of aromatic nitrogens is 1. The summed E-state index contributed by atoms with van der Waals surface area (Å²) in [6.45, 7) is 1.84. The maximum absolute atomic E-state index is 13.4. The van der Waals surface area contributed by atoms with Crippen LogP contribution in [-0.2, 0) is 0 Å². The second-order valence-corrected chi connectivity index (χ2v) is 7.07. The maximum Gasteiger partial charge on any atom is 0.258 e. The molecule has 0 aliphatic carbocycles.